The van der Waals surface area contributed by atoms with E-state index in [1.165, 1.54) is 10.9 Å². The number of rotatable bonds is 5. The largest absolute Gasteiger partial charge is 0.322 e. The van der Waals surface area contributed by atoms with E-state index >= 15 is 0 Å². The molecule has 1 amide bonds. The normalized spacial score (nSPS) is 11.5. The van der Waals surface area contributed by atoms with Crippen LogP contribution in [0.5, 0.6) is 0 Å². The predicted octanol–water partition coefficient (Wildman–Crippen LogP) is 4.05. The molecular weight excluding hydrogens is 293 g/mol. The third-order valence-corrected chi connectivity index (χ3v) is 3.22. The zero-order valence-electron chi connectivity index (χ0n) is 11.5. The van der Waals surface area contributed by atoms with Gasteiger partial charge in [-0.2, -0.15) is 5.10 Å². The number of aromatic nitrogens is 2. The van der Waals surface area contributed by atoms with Crippen molar-refractivity contribution in [2.45, 2.75) is 19.9 Å². The smallest absolute Gasteiger partial charge is 0.258 e. The highest BCUT2D eigenvalue weighted by molar-refractivity contribution is 6.30. The van der Waals surface area contributed by atoms with Gasteiger partial charge in [0, 0.05) is 16.9 Å². The van der Waals surface area contributed by atoms with Gasteiger partial charge in [0.05, 0.1) is 24.6 Å². The van der Waals surface area contributed by atoms with Crippen LogP contribution in [0.1, 0.15) is 23.7 Å². The number of allylic oxidation sites excluding steroid dienone is 1. The van der Waals surface area contributed by atoms with E-state index in [1.54, 1.807) is 30.5 Å². The zero-order valence-corrected chi connectivity index (χ0v) is 12.3. The molecule has 2 rings (SSSR count). The van der Waals surface area contributed by atoms with Crippen molar-refractivity contribution in [1.82, 2.24) is 9.78 Å². The molecule has 1 aromatic carbocycles. The molecule has 0 aliphatic heterocycles. The molecule has 2 aromatic rings. The summed E-state index contributed by atoms with van der Waals surface area (Å²) >= 11 is 5.78. The van der Waals surface area contributed by atoms with Gasteiger partial charge in [-0.1, -0.05) is 18.5 Å². The number of anilines is 1. The summed E-state index contributed by atoms with van der Waals surface area (Å²) < 4.78 is 14.1. The fourth-order valence-electron chi connectivity index (χ4n) is 1.74. The van der Waals surface area contributed by atoms with Gasteiger partial charge in [-0.25, -0.2) is 4.39 Å². The van der Waals surface area contributed by atoms with Crippen LogP contribution < -0.4 is 5.32 Å². The van der Waals surface area contributed by atoms with E-state index in [9.17, 15) is 9.18 Å². The van der Waals surface area contributed by atoms with Gasteiger partial charge in [0.2, 0.25) is 0 Å². The molecule has 0 spiro atoms. The first-order valence-electron chi connectivity index (χ1n) is 6.50. The van der Waals surface area contributed by atoms with Crippen LogP contribution in [0.25, 0.3) is 0 Å². The lowest BCUT2D eigenvalue weighted by Gasteiger charge is -2.04. The van der Waals surface area contributed by atoms with Crippen LogP contribution in [-0.4, -0.2) is 15.7 Å². The molecular formula is C15H15ClFN3O. The van der Waals surface area contributed by atoms with Crippen molar-refractivity contribution in [1.29, 1.82) is 0 Å². The molecule has 1 N–H and O–H groups in total. The molecule has 0 unspecified atom stereocenters. The molecule has 0 aliphatic rings. The molecule has 0 atom stereocenters. The second-order valence-corrected chi connectivity index (χ2v) is 4.94. The summed E-state index contributed by atoms with van der Waals surface area (Å²) in [6.45, 7) is 2.20. The van der Waals surface area contributed by atoms with Crippen molar-refractivity contribution in [3.8, 4) is 0 Å². The number of hydrogen-bond acceptors (Lipinski definition) is 2. The summed E-state index contributed by atoms with van der Waals surface area (Å²) in [7, 11) is 0. The van der Waals surface area contributed by atoms with E-state index in [4.69, 9.17) is 11.6 Å². The van der Waals surface area contributed by atoms with E-state index in [0.29, 0.717) is 41.1 Å². The maximum atomic E-state index is 12.5. The summed E-state index contributed by atoms with van der Waals surface area (Å²) in [5.41, 5.74) is 1.68. The number of halogens is 2. The number of hydrogen-bond donors (Lipinski definition) is 1. The number of nitrogens with one attached hydrogen (secondary N) is 1. The monoisotopic (exact) mass is 307 g/mol. The Morgan fingerprint density at radius 2 is 2.14 bits per heavy atom. The van der Waals surface area contributed by atoms with Crippen LogP contribution in [0.2, 0.25) is 5.02 Å². The Labute approximate surface area is 127 Å². The lowest BCUT2D eigenvalue weighted by molar-refractivity contribution is 0.102. The lowest BCUT2D eigenvalue weighted by atomic mass is 10.2. The molecule has 110 valence electrons. The maximum absolute atomic E-state index is 12.5. The van der Waals surface area contributed by atoms with Crippen molar-refractivity contribution >= 4 is 23.2 Å². The van der Waals surface area contributed by atoms with E-state index < -0.39 is 0 Å². The second-order valence-electron chi connectivity index (χ2n) is 4.51. The minimum Gasteiger partial charge on any atom is -0.322 e. The van der Waals surface area contributed by atoms with Gasteiger partial charge < -0.3 is 5.32 Å². The first-order chi connectivity index (χ1) is 10.1. The Morgan fingerprint density at radius 1 is 1.43 bits per heavy atom. The Balaban J connectivity index is 2.03. The van der Waals surface area contributed by atoms with Crippen molar-refractivity contribution in [3.05, 3.63) is 59.1 Å². The average molecular weight is 308 g/mol. The fraction of sp³-hybridized carbons (Fsp3) is 0.200. The summed E-state index contributed by atoms with van der Waals surface area (Å²) in [5, 5.41) is 7.40. The van der Waals surface area contributed by atoms with Crippen molar-refractivity contribution in [2.24, 2.45) is 0 Å². The van der Waals surface area contributed by atoms with Gasteiger partial charge in [-0.3, -0.25) is 9.48 Å². The minimum absolute atomic E-state index is 0.272. The van der Waals surface area contributed by atoms with Crippen molar-refractivity contribution in [3.63, 3.8) is 0 Å². The van der Waals surface area contributed by atoms with Crippen LogP contribution in [-0.2, 0) is 6.54 Å². The molecule has 0 bridgehead atoms. The van der Waals surface area contributed by atoms with Crippen molar-refractivity contribution < 1.29 is 9.18 Å². The van der Waals surface area contributed by atoms with Gasteiger partial charge in [0.1, 0.15) is 0 Å². The standard InChI is InChI=1S/C15H15ClFN3O/c1-2-11(7-17)9-20-10-12(8-18-20)15(21)19-14-5-3-13(16)4-6-14/h3-8,10H,2,9H2,1H3,(H,19,21)/b11-7+. The summed E-state index contributed by atoms with van der Waals surface area (Å²) in [6.07, 6.45) is 4.22. The quantitative estimate of drug-likeness (QED) is 0.905. The van der Waals surface area contributed by atoms with E-state index in [0.717, 1.165) is 0 Å². The van der Waals surface area contributed by atoms with Crippen LogP contribution >= 0.6 is 11.6 Å². The Kier molecular flexibility index (Phi) is 5.11. The number of benzene rings is 1. The Bertz CT molecular complexity index is 649. The van der Waals surface area contributed by atoms with Gasteiger partial charge in [0.25, 0.3) is 5.91 Å². The molecule has 0 saturated carbocycles. The molecule has 4 nitrogen and oxygen atoms in total. The minimum atomic E-state index is -0.272. The van der Waals surface area contributed by atoms with Crippen LogP contribution in [0.3, 0.4) is 0 Å². The number of carbonyl (C=O) groups excluding carboxylic acids is 1. The van der Waals surface area contributed by atoms with Crippen molar-refractivity contribution in [2.75, 3.05) is 5.32 Å². The zero-order chi connectivity index (χ0) is 15.2. The molecule has 21 heavy (non-hydrogen) atoms. The van der Waals surface area contributed by atoms with E-state index in [2.05, 4.69) is 10.4 Å². The van der Waals surface area contributed by atoms with Crippen LogP contribution in [0.15, 0.2) is 48.6 Å². The predicted molar refractivity (Wildman–Crippen MR) is 81.1 cm³/mol. The molecule has 6 heteroatoms. The summed E-state index contributed by atoms with van der Waals surface area (Å²) in [5.74, 6) is -0.272. The average Bonchev–Trinajstić information content (AvgIpc) is 2.96. The van der Waals surface area contributed by atoms with Crippen LogP contribution in [0.4, 0.5) is 10.1 Å². The summed E-state index contributed by atoms with van der Waals surface area (Å²) in [6, 6.07) is 6.82. The highest BCUT2D eigenvalue weighted by Gasteiger charge is 2.09. The molecule has 1 aromatic heterocycles. The molecule has 0 aliphatic carbocycles. The third-order valence-electron chi connectivity index (χ3n) is 2.97. The topological polar surface area (TPSA) is 46.9 Å². The highest BCUT2D eigenvalue weighted by Crippen LogP contribution is 2.14. The third kappa shape index (κ3) is 4.16. The second kappa shape index (κ2) is 7.04. The van der Waals surface area contributed by atoms with E-state index in [1.807, 2.05) is 6.92 Å². The van der Waals surface area contributed by atoms with Gasteiger partial charge in [-0.15, -0.1) is 0 Å². The SMILES string of the molecule is CC/C(=C\F)Cn1cc(C(=O)Nc2ccc(Cl)cc2)cn1. The molecule has 0 fully saturated rings. The number of carbonyl (C=O) groups is 1. The molecule has 1 heterocycles. The van der Waals surface area contributed by atoms with Crippen LogP contribution in [0, 0.1) is 0 Å². The van der Waals surface area contributed by atoms with Gasteiger partial charge in [-0.05, 0) is 36.3 Å². The Hall–Kier alpha value is -2.14. The summed E-state index contributed by atoms with van der Waals surface area (Å²) in [4.78, 5) is 12.1. The molecule has 0 saturated heterocycles. The van der Waals surface area contributed by atoms with E-state index in [-0.39, 0.29) is 5.91 Å². The van der Waals surface area contributed by atoms with Gasteiger partial charge in [0.15, 0.2) is 0 Å². The highest BCUT2D eigenvalue weighted by atomic mass is 35.5. The first-order valence-corrected chi connectivity index (χ1v) is 6.87. The number of nitrogens with zero attached hydrogens (tertiary/aromatic N) is 2. The first kappa shape index (κ1) is 15.3. The fourth-order valence-corrected chi connectivity index (χ4v) is 1.86. The number of amides is 1. The molecule has 0 radical (unpaired) electrons. The Morgan fingerprint density at radius 3 is 2.76 bits per heavy atom. The van der Waals surface area contributed by atoms with Gasteiger partial charge >= 0.3 is 0 Å². The maximum Gasteiger partial charge on any atom is 0.258 e. The lowest BCUT2D eigenvalue weighted by Crippen LogP contribution is -2.11.